The van der Waals surface area contributed by atoms with Crippen LogP contribution in [0.25, 0.3) is 10.9 Å². The number of H-pyrrole nitrogens is 1. The van der Waals surface area contributed by atoms with Gasteiger partial charge in [0.05, 0.1) is 11.4 Å². The molecule has 0 atom stereocenters. The van der Waals surface area contributed by atoms with Crippen molar-refractivity contribution in [2.45, 2.75) is 17.9 Å². The number of nitrogens with zero attached hydrogens (tertiary/aromatic N) is 2. The number of rotatable bonds is 4. The molecule has 7 heteroatoms. The van der Waals surface area contributed by atoms with Gasteiger partial charge < -0.3 is 4.98 Å². The third kappa shape index (κ3) is 2.86. The van der Waals surface area contributed by atoms with E-state index in [4.69, 9.17) is 0 Å². The van der Waals surface area contributed by atoms with Crippen molar-refractivity contribution in [2.24, 2.45) is 0 Å². The number of fused-ring (bicyclic) bond motifs is 1. The number of hydrazine groups is 1. The van der Waals surface area contributed by atoms with Gasteiger partial charge in [0, 0.05) is 29.7 Å². The average molecular weight is 367 g/mol. The first-order valence-electron chi connectivity index (χ1n) is 8.18. The third-order valence-corrected chi connectivity index (χ3v) is 5.97. The average Bonchev–Trinajstić information content (AvgIpc) is 3.10. The molecule has 1 aliphatic heterocycles. The van der Waals surface area contributed by atoms with Crippen molar-refractivity contribution >= 4 is 26.8 Å². The van der Waals surface area contributed by atoms with E-state index >= 15 is 0 Å². The van der Waals surface area contributed by atoms with Crippen molar-refractivity contribution < 1.29 is 13.2 Å². The van der Waals surface area contributed by atoms with Crippen molar-refractivity contribution in [2.75, 3.05) is 0 Å². The summed E-state index contributed by atoms with van der Waals surface area (Å²) in [5.74, 6) is -0.474. The molecule has 1 aliphatic rings. The minimum atomic E-state index is -4.01. The van der Waals surface area contributed by atoms with Crippen LogP contribution in [0.4, 0.5) is 0 Å². The van der Waals surface area contributed by atoms with Gasteiger partial charge in [-0.1, -0.05) is 36.4 Å². The number of sulfonamides is 1. The predicted octanol–water partition coefficient (Wildman–Crippen LogP) is 3.02. The topological polar surface area (TPSA) is 73.5 Å². The quantitative estimate of drug-likeness (QED) is 0.769. The lowest BCUT2D eigenvalue weighted by Gasteiger charge is -2.35. The van der Waals surface area contributed by atoms with Crippen LogP contribution in [0.3, 0.4) is 0 Å². The van der Waals surface area contributed by atoms with Crippen LogP contribution in [0.5, 0.6) is 0 Å². The summed E-state index contributed by atoms with van der Waals surface area (Å²) in [7, 11) is -4.01. The molecule has 1 amide bonds. The summed E-state index contributed by atoms with van der Waals surface area (Å²) < 4.78 is 27.2. The molecule has 2 aromatic carbocycles. The fourth-order valence-corrected chi connectivity index (χ4v) is 4.45. The molecular weight excluding hydrogens is 350 g/mol. The lowest BCUT2D eigenvalue weighted by molar-refractivity contribution is -0.135. The van der Waals surface area contributed by atoms with E-state index in [1.54, 1.807) is 36.7 Å². The Balaban J connectivity index is 1.73. The van der Waals surface area contributed by atoms with Gasteiger partial charge in [-0.2, -0.15) is 8.42 Å². The third-order valence-electron chi connectivity index (χ3n) is 4.25. The summed E-state index contributed by atoms with van der Waals surface area (Å²) in [6, 6.07) is 16.0. The maximum atomic E-state index is 13.2. The molecule has 0 aliphatic carbocycles. The summed E-state index contributed by atoms with van der Waals surface area (Å²) in [4.78, 5) is 15.6. The molecule has 6 nitrogen and oxygen atoms in total. The van der Waals surface area contributed by atoms with E-state index < -0.39 is 15.9 Å². The van der Waals surface area contributed by atoms with Crippen LogP contribution in [-0.2, 0) is 21.4 Å². The number of aromatic amines is 1. The van der Waals surface area contributed by atoms with Crippen molar-refractivity contribution in [3.63, 3.8) is 0 Å². The molecule has 3 aromatic rings. The van der Waals surface area contributed by atoms with E-state index in [0.29, 0.717) is 0 Å². The maximum Gasteiger partial charge on any atom is 0.284 e. The maximum absolute atomic E-state index is 13.2. The number of carbonyl (C=O) groups excluding carboxylic acids is 1. The Kier molecular flexibility index (Phi) is 4.00. The fourth-order valence-electron chi connectivity index (χ4n) is 3.01. The molecule has 0 spiro atoms. The monoisotopic (exact) mass is 367 g/mol. The summed E-state index contributed by atoms with van der Waals surface area (Å²) in [5, 5.41) is 2.22. The van der Waals surface area contributed by atoms with Gasteiger partial charge in [-0.15, -0.1) is 4.41 Å². The first kappa shape index (κ1) is 16.4. The smallest absolute Gasteiger partial charge is 0.284 e. The highest BCUT2D eigenvalue weighted by Gasteiger charge is 2.35. The molecule has 0 saturated carbocycles. The molecule has 132 valence electrons. The molecule has 0 fully saturated rings. The molecular formula is C19H17N3O3S. The zero-order valence-corrected chi connectivity index (χ0v) is 14.7. The second-order valence-corrected chi connectivity index (χ2v) is 7.81. The van der Waals surface area contributed by atoms with E-state index in [-0.39, 0.29) is 17.9 Å². The van der Waals surface area contributed by atoms with E-state index in [2.05, 4.69) is 4.98 Å². The largest absolute Gasteiger partial charge is 0.361 e. The number of aromatic nitrogens is 1. The Labute approximate surface area is 151 Å². The number of hydrogen-bond donors (Lipinski definition) is 1. The first-order valence-corrected chi connectivity index (χ1v) is 9.62. The highest BCUT2D eigenvalue weighted by atomic mass is 32.2. The van der Waals surface area contributed by atoms with Gasteiger partial charge in [-0.25, -0.2) is 0 Å². The number of carbonyl (C=O) groups is 1. The second kappa shape index (κ2) is 6.34. The molecule has 26 heavy (non-hydrogen) atoms. The Morgan fingerprint density at radius 3 is 2.65 bits per heavy atom. The van der Waals surface area contributed by atoms with E-state index in [1.165, 1.54) is 11.1 Å². The minimum absolute atomic E-state index is 0.0525. The van der Waals surface area contributed by atoms with Gasteiger partial charge in [0.25, 0.3) is 15.9 Å². The second-order valence-electron chi connectivity index (χ2n) is 6.04. The molecule has 0 bridgehead atoms. The first-order chi connectivity index (χ1) is 12.6. The Morgan fingerprint density at radius 2 is 1.85 bits per heavy atom. The zero-order valence-electron chi connectivity index (χ0n) is 13.9. The van der Waals surface area contributed by atoms with Gasteiger partial charge in [0.15, 0.2) is 0 Å². The van der Waals surface area contributed by atoms with E-state index in [9.17, 15) is 13.2 Å². The van der Waals surface area contributed by atoms with E-state index in [1.807, 2.05) is 30.3 Å². The minimum Gasteiger partial charge on any atom is -0.361 e. The predicted molar refractivity (Wildman–Crippen MR) is 98.1 cm³/mol. The van der Waals surface area contributed by atoms with Crippen molar-refractivity contribution in [3.8, 4) is 0 Å². The summed E-state index contributed by atoms with van der Waals surface area (Å²) in [6.07, 6.45) is 5.11. The van der Waals surface area contributed by atoms with Crippen molar-refractivity contribution in [1.82, 2.24) is 14.4 Å². The van der Waals surface area contributed by atoms with Gasteiger partial charge in [0.1, 0.15) is 0 Å². The van der Waals surface area contributed by atoms with Gasteiger partial charge in [-0.05, 0) is 29.8 Å². The number of nitrogens with one attached hydrogen (secondary N) is 1. The van der Waals surface area contributed by atoms with Crippen LogP contribution in [-0.4, -0.2) is 28.7 Å². The van der Waals surface area contributed by atoms with E-state index in [0.717, 1.165) is 20.9 Å². The summed E-state index contributed by atoms with van der Waals surface area (Å²) in [6.45, 7) is 0.286. The van der Waals surface area contributed by atoms with Gasteiger partial charge >= 0.3 is 0 Å². The lowest BCUT2D eigenvalue weighted by atomic mass is 10.2. The van der Waals surface area contributed by atoms with Crippen molar-refractivity contribution in [3.05, 3.63) is 78.6 Å². The Morgan fingerprint density at radius 1 is 1.04 bits per heavy atom. The van der Waals surface area contributed by atoms with Crippen LogP contribution in [0.2, 0.25) is 0 Å². The highest BCUT2D eigenvalue weighted by Crippen LogP contribution is 2.26. The standard InChI is InChI=1S/C19H17N3O3S/c23-19-7-4-12-21(14-15-5-2-1-3-6-15)22(19)26(24,25)17-8-9-18-16(13-17)10-11-20-18/h1-6,8-13,20H,7,14H2. The summed E-state index contributed by atoms with van der Waals surface area (Å²) in [5.41, 5.74) is 1.75. The van der Waals surface area contributed by atoms with Gasteiger partial charge in [0.2, 0.25) is 0 Å². The normalized spacial score (nSPS) is 15.0. The van der Waals surface area contributed by atoms with Gasteiger partial charge in [-0.3, -0.25) is 9.80 Å². The molecule has 0 saturated heterocycles. The molecule has 0 radical (unpaired) electrons. The van der Waals surface area contributed by atoms with Crippen molar-refractivity contribution in [1.29, 1.82) is 0 Å². The van der Waals surface area contributed by atoms with Crippen LogP contribution in [0, 0.1) is 0 Å². The molecule has 1 aromatic heterocycles. The Bertz CT molecular complexity index is 1090. The number of benzene rings is 2. The number of hydrogen-bond acceptors (Lipinski definition) is 4. The Hall–Kier alpha value is -3.06. The highest BCUT2D eigenvalue weighted by molar-refractivity contribution is 7.89. The van der Waals surface area contributed by atoms with Crippen LogP contribution >= 0.6 is 0 Å². The number of amides is 1. The summed E-state index contributed by atoms with van der Waals surface area (Å²) >= 11 is 0. The zero-order chi connectivity index (χ0) is 18.1. The SMILES string of the molecule is O=C1CC=CN(Cc2ccccc2)N1S(=O)(=O)c1ccc2[nH]ccc2c1. The van der Waals surface area contributed by atoms with Crippen LogP contribution < -0.4 is 0 Å². The fraction of sp³-hybridized carbons (Fsp3) is 0.105. The van der Waals surface area contributed by atoms with Crippen LogP contribution in [0.1, 0.15) is 12.0 Å². The molecule has 2 heterocycles. The molecule has 4 rings (SSSR count). The van der Waals surface area contributed by atoms with Crippen LogP contribution in [0.15, 0.2) is 78.0 Å². The lowest BCUT2D eigenvalue weighted by Crippen LogP contribution is -2.48. The molecule has 1 N–H and O–H groups in total. The molecule has 0 unspecified atom stereocenters.